The third kappa shape index (κ3) is 4.76. The van der Waals surface area contributed by atoms with E-state index in [2.05, 4.69) is 0 Å². The van der Waals surface area contributed by atoms with Crippen molar-refractivity contribution < 1.29 is 9.18 Å². The van der Waals surface area contributed by atoms with Crippen molar-refractivity contribution >= 4 is 16.8 Å². The summed E-state index contributed by atoms with van der Waals surface area (Å²) in [5.74, 6) is -0.0174. The summed E-state index contributed by atoms with van der Waals surface area (Å²) in [5.41, 5.74) is 2.81. The van der Waals surface area contributed by atoms with Gasteiger partial charge in [0.25, 0.3) is 5.56 Å². The van der Waals surface area contributed by atoms with E-state index in [1.807, 2.05) is 63.2 Å². The van der Waals surface area contributed by atoms with Crippen LogP contribution in [0.4, 0.5) is 4.39 Å². The predicted molar refractivity (Wildman–Crippen MR) is 133 cm³/mol. The summed E-state index contributed by atoms with van der Waals surface area (Å²) in [7, 11) is 0. The van der Waals surface area contributed by atoms with E-state index in [1.165, 1.54) is 12.1 Å². The molecular weight excluding hydrogens is 429 g/mol. The minimum absolute atomic E-state index is 0.0739. The van der Waals surface area contributed by atoms with Crippen LogP contribution < -0.4 is 5.56 Å². The summed E-state index contributed by atoms with van der Waals surface area (Å²) in [6.45, 7) is 6.37. The lowest BCUT2D eigenvalue weighted by Crippen LogP contribution is -2.38. The standard InChI is InChI=1S/C28H28FN3O2/c1-4-16-31(26(33)18-21-8-7-9-22(29)17-21)20(3)27-30-25-11-6-5-10-24(25)28(34)32(27)23-14-12-19(2)13-15-23/h5-15,17,20H,4,16,18H2,1-3H3. The molecule has 6 heteroatoms. The van der Waals surface area contributed by atoms with Crippen LogP contribution in [0, 0.1) is 12.7 Å². The molecule has 0 aliphatic carbocycles. The Bertz CT molecular complexity index is 1380. The van der Waals surface area contributed by atoms with E-state index < -0.39 is 6.04 Å². The van der Waals surface area contributed by atoms with E-state index in [-0.39, 0.29) is 23.7 Å². The van der Waals surface area contributed by atoms with Crippen LogP contribution in [0.5, 0.6) is 0 Å². The Balaban J connectivity index is 1.82. The number of aromatic nitrogens is 2. The van der Waals surface area contributed by atoms with E-state index in [0.29, 0.717) is 34.5 Å². The fourth-order valence-electron chi connectivity index (χ4n) is 4.21. The lowest BCUT2D eigenvalue weighted by molar-refractivity contribution is -0.132. The van der Waals surface area contributed by atoms with Gasteiger partial charge >= 0.3 is 0 Å². The topological polar surface area (TPSA) is 55.2 Å². The second-order valence-electron chi connectivity index (χ2n) is 8.53. The first-order valence-corrected chi connectivity index (χ1v) is 11.5. The summed E-state index contributed by atoms with van der Waals surface area (Å²) in [6, 6.07) is 20.5. The minimum Gasteiger partial charge on any atom is -0.332 e. The van der Waals surface area contributed by atoms with E-state index in [0.717, 1.165) is 12.0 Å². The molecule has 4 rings (SSSR count). The molecule has 0 aliphatic rings. The number of hydrogen-bond donors (Lipinski definition) is 0. The van der Waals surface area contributed by atoms with Crippen LogP contribution in [0.25, 0.3) is 16.6 Å². The Morgan fingerprint density at radius 3 is 2.50 bits per heavy atom. The number of halogens is 1. The molecule has 174 valence electrons. The molecule has 3 aromatic carbocycles. The molecule has 34 heavy (non-hydrogen) atoms. The molecule has 0 bridgehead atoms. The molecule has 0 aliphatic heterocycles. The smallest absolute Gasteiger partial charge is 0.266 e. The molecule has 0 N–H and O–H groups in total. The van der Waals surface area contributed by atoms with Crippen molar-refractivity contribution in [1.29, 1.82) is 0 Å². The molecule has 0 saturated carbocycles. The Hall–Kier alpha value is -3.80. The molecule has 4 aromatic rings. The molecule has 0 saturated heterocycles. The summed E-state index contributed by atoms with van der Waals surface area (Å²) in [4.78, 5) is 33.5. The molecular formula is C28H28FN3O2. The summed E-state index contributed by atoms with van der Waals surface area (Å²) < 4.78 is 15.3. The molecule has 5 nitrogen and oxygen atoms in total. The van der Waals surface area contributed by atoms with Gasteiger partial charge in [0.05, 0.1) is 29.1 Å². The first kappa shape index (κ1) is 23.4. The monoisotopic (exact) mass is 457 g/mol. The number of nitrogens with zero attached hydrogens (tertiary/aromatic N) is 3. The highest BCUT2D eigenvalue weighted by molar-refractivity contribution is 5.80. The Morgan fingerprint density at radius 2 is 1.79 bits per heavy atom. The van der Waals surface area contributed by atoms with Crippen molar-refractivity contribution in [3.05, 3.63) is 106 Å². The average Bonchev–Trinajstić information content (AvgIpc) is 2.83. The highest BCUT2D eigenvalue weighted by atomic mass is 19.1. The molecule has 0 spiro atoms. The fourth-order valence-corrected chi connectivity index (χ4v) is 4.21. The number of rotatable bonds is 7. The number of amides is 1. The molecule has 0 fully saturated rings. The van der Waals surface area contributed by atoms with Gasteiger partial charge < -0.3 is 4.90 Å². The number of benzene rings is 3. The zero-order valence-electron chi connectivity index (χ0n) is 19.7. The third-order valence-corrected chi connectivity index (χ3v) is 5.96. The van der Waals surface area contributed by atoms with Crippen LogP contribution in [0.2, 0.25) is 0 Å². The quantitative estimate of drug-likeness (QED) is 0.375. The summed E-state index contributed by atoms with van der Waals surface area (Å²) >= 11 is 0. The van der Waals surface area contributed by atoms with Crippen molar-refractivity contribution in [3.8, 4) is 5.69 Å². The summed E-state index contributed by atoms with van der Waals surface area (Å²) in [6.07, 6.45) is 0.812. The van der Waals surface area contributed by atoms with Gasteiger partial charge in [-0.05, 0) is 62.2 Å². The normalized spacial score (nSPS) is 12.0. The highest BCUT2D eigenvalue weighted by Crippen LogP contribution is 2.24. The largest absolute Gasteiger partial charge is 0.332 e. The molecule has 0 radical (unpaired) electrons. The molecule has 1 amide bonds. The van der Waals surface area contributed by atoms with E-state index >= 15 is 0 Å². The first-order valence-electron chi connectivity index (χ1n) is 11.5. The van der Waals surface area contributed by atoms with Crippen molar-refractivity contribution in [2.75, 3.05) is 6.54 Å². The van der Waals surface area contributed by atoms with Crippen LogP contribution in [-0.2, 0) is 11.2 Å². The Kier molecular flexibility index (Phi) is 6.87. The van der Waals surface area contributed by atoms with Crippen LogP contribution in [0.1, 0.15) is 43.3 Å². The summed E-state index contributed by atoms with van der Waals surface area (Å²) in [5, 5.41) is 0.521. The zero-order chi connectivity index (χ0) is 24.2. The van der Waals surface area contributed by atoms with Crippen molar-refractivity contribution in [2.24, 2.45) is 0 Å². The van der Waals surface area contributed by atoms with Crippen molar-refractivity contribution in [2.45, 2.75) is 39.7 Å². The average molecular weight is 458 g/mol. The number of carbonyl (C=O) groups excluding carboxylic acids is 1. The second kappa shape index (κ2) is 10.00. The lowest BCUT2D eigenvalue weighted by atomic mass is 10.1. The maximum atomic E-state index is 13.7. The molecule has 1 aromatic heterocycles. The van der Waals surface area contributed by atoms with Gasteiger partial charge in [-0.1, -0.05) is 48.9 Å². The van der Waals surface area contributed by atoms with Crippen LogP contribution in [-0.4, -0.2) is 26.9 Å². The molecule has 1 heterocycles. The van der Waals surface area contributed by atoms with Gasteiger partial charge in [-0.2, -0.15) is 0 Å². The number of para-hydroxylation sites is 1. The van der Waals surface area contributed by atoms with Gasteiger partial charge in [-0.3, -0.25) is 14.2 Å². The fraction of sp³-hybridized carbons (Fsp3) is 0.250. The van der Waals surface area contributed by atoms with Gasteiger partial charge in [-0.25, -0.2) is 9.37 Å². The van der Waals surface area contributed by atoms with Crippen molar-refractivity contribution in [3.63, 3.8) is 0 Å². The minimum atomic E-state index is -0.473. The zero-order valence-corrected chi connectivity index (χ0v) is 19.7. The van der Waals surface area contributed by atoms with E-state index in [9.17, 15) is 14.0 Å². The third-order valence-electron chi connectivity index (χ3n) is 5.96. The van der Waals surface area contributed by atoms with Crippen molar-refractivity contribution in [1.82, 2.24) is 14.5 Å². The van der Waals surface area contributed by atoms with Gasteiger partial charge in [0.1, 0.15) is 11.6 Å². The Morgan fingerprint density at radius 1 is 1.06 bits per heavy atom. The Labute approximate surface area is 198 Å². The van der Waals surface area contributed by atoms with Crippen LogP contribution >= 0.6 is 0 Å². The predicted octanol–water partition coefficient (Wildman–Crippen LogP) is 5.38. The number of fused-ring (bicyclic) bond motifs is 1. The second-order valence-corrected chi connectivity index (χ2v) is 8.53. The van der Waals surface area contributed by atoms with Gasteiger partial charge in [-0.15, -0.1) is 0 Å². The van der Waals surface area contributed by atoms with Crippen LogP contribution in [0.3, 0.4) is 0 Å². The van der Waals surface area contributed by atoms with Gasteiger partial charge in [0.2, 0.25) is 5.91 Å². The molecule has 1 atom stereocenters. The van der Waals surface area contributed by atoms with E-state index in [4.69, 9.17) is 4.98 Å². The maximum Gasteiger partial charge on any atom is 0.266 e. The van der Waals surface area contributed by atoms with Crippen LogP contribution in [0.15, 0.2) is 77.6 Å². The number of carbonyl (C=O) groups is 1. The maximum absolute atomic E-state index is 13.7. The van der Waals surface area contributed by atoms with Gasteiger partial charge in [0.15, 0.2) is 0 Å². The SMILES string of the molecule is CCCN(C(=O)Cc1cccc(F)c1)C(C)c1nc2ccccc2c(=O)n1-c1ccc(C)cc1. The van der Waals surface area contributed by atoms with E-state index in [1.54, 1.807) is 27.7 Å². The first-order chi connectivity index (χ1) is 16.4. The number of hydrogen-bond acceptors (Lipinski definition) is 3. The number of aryl methyl sites for hydroxylation is 1. The van der Waals surface area contributed by atoms with Gasteiger partial charge in [0, 0.05) is 6.54 Å². The molecule has 1 unspecified atom stereocenters. The highest BCUT2D eigenvalue weighted by Gasteiger charge is 2.26. The lowest BCUT2D eigenvalue weighted by Gasteiger charge is -2.30.